The van der Waals surface area contributed by atoms with Gasteiger partial charge in [0, 0.05) is 25.7 Å². The van der Waals surface area contributed by atoms with Crippen LogP contribution in [0.5, 0.6) is 0 Å². The van der Waals surface area contributed by atoms with Gasteiger partial charge in [-0.2, -0.15) is 4.31 Å². The zero-order valence-electron chi connectivity index (χ0n) is 13.4. The van der Waals surface area contributed by atoms with Crippen LogP contribution >= 0.6 is 11.3 Å². The molecule has 4 heterocycles. The van der Waals surface area contributed by atoms with Crippen LogP contribution in [0.2, 0.25) is 0 Å². The van der Waals surface area contributed by atoms with E-state index in [1.807, 2.05) is 0 Å². The minimum absolute atomic E-state index is 0.0891. The van der Waals surface area contributed by atoms with Crippen molar-refractivity contribution in [2.24, 2.45) is 0 Å². The number of anilines is 1. The Hall–Kier alpha value is -1.55. The van der Waals surface area contributed by atoms with E-state index in [2.05, 4.69) is 10.3 Å². The molecule has 134 valence electrons. The lowest BCUT2D eigenvalue weighted by molar-refractivity contribution is 0.0173. The summed E-state index contributed by atoms with van der Waals surface area (Å²) >= 11 is 1.22. The fourth-order valence-electron chi connectivity index (χ4n) is 3.46. The molecule has 4 rings (SSSR count). The van der Waals surface area contributed by atoms with Crippen molar-refractivity contribution in [3.8, 4) is 0 Å². The fourth-order valence-corrected chi connectivity index (χ4v) is 6.12. The Morgan fingerprint density at radius 1 is 1.40 bits per heavy atom. The second-order valence-electron chi connectivity index (χ2n) is 6.39. The first-order valence-corrected chi connectivity index (χ1v) is 10.4. The van der Waals surface area contributed by atoms with Crippen molar-refractivity contribution in [2.45, 2.75) is 28.7 Å². The standard InChI is InChI=1S/C16H18FN3O3S2/c17-13-3-1-6-18-15(13)19-12-9-16(23-10-12)5-7-20(11-16)25(21,22)14-4-2-8-24-14/h1-4,6,8,12H,5,7,9-11H2,(H,18,19)/t12-,16-/m1/s1. The highest BCUT2D eigenvalue weighted by molar-refractivity contribution is 7.91. The number of hydrogen-bond donors (Lipinski definition) is 1. The molecule has 0 amide bonds. The monoisotopic (exact) mass is 383 g/mol. The fraction of sp³-hybridized carbons (Fsp3) is 0.438. The van der Waals surface area contributed by atoms with Crippen molar-refractivity contribution in [3.05, 3.63) is 41.7 Å². The number of ether oxygens (including phenoxy) is 1. The largest absolute Gasteiger partial charge is 0.371 e. The van der Waals surface area contributed by atoms with Crippen LogP contribution in [0.4, 0.5) is 10.2 Å². The van der Waals surface area contributed by atoms with Crippen molar-refractivity contribution in [2.75, 3.05) is 25.0 Å². The predicted octanol–water partition coefficient (Wildman–Crippen LogP) is 2.32. The molecule has 2 aromatic heterocycles. The summed E-state index contributed by atoms with van der Waals surface area (Å²) in [6.45, 7) is 1.17. The van der Waals surface area contributed by atoms with Crippen LogP contribution in [0.1, 0.15) is 12.8 Å². The van der Waals surface area contributed by atoms with E-state index in [0.717, 1.165) is 0 Å². The molecule has 0 bridgehead atoms. The molecule has 2 atom stereocenters. The van der Waals surface area contributed by atoms with E-state index in [4.69, 9.17) is 4.74 Å². The van der Waals surface area contributed by atoms with Crippen molar-refractivity contribution in [1.82, 2.24) is 9.29 Å². The predicted molar refractivity (Wildman–Crippen MR) is 92.6 cm³/mol. The topological polar surface area (TPSA) is 71.5 Å². The van der Waals surface area contributed by atoms with E-state index in [1.165, 1.54) is 34.0 Å². The Kier molecular flexibility index (Phi) is 4.27. The molecule has 1 N–H and O–H groups in total. The van der Waals surface area contributed by atoms with Crippen molar-refractivity contribution in [1.29, 1.82) is 0 Å². The molecule has 2 fully saturated rings. The third kappa shape index (κ3) is 3.17. The number of sulfonamides is 1. The summed E-state index contributed by atoms with van der Waals surface area (Å²) in [5.41, 5.74) is -0.507. The van der Waals surface area contributed by atoms with E-state index in [-0.39, 0.29) is 11.9 Å². The number of rotatable bonds is 4. The summed E-state index contributed by atoms with van der Waals surface area (Å²) in [6.07, 6.45) is 2.79. The molecule has 0 aliphatic carbocycles. The number of hydrogen-bond acceptors (Lipinski definition) is 6. The van der Waals surface area contributed by atoms with Crippen molar-refractivity contribution < 1.29 is 17.5 Å². The Morgan fingerprint density at radius 3 is 3.04 bits per heavy atom. The number of aromatic nitrogens is 1. The molecule has 2 aliphatic rings. The molecule has 0 unspecified atom stereocenters. The van der Waals surface area contributed by atoms with E-state index < -0.39 is 21.4 Å². The summed E-state index contributed by atoms with van der Waals surface area (Å²) in [4.78, 5) is 4.00. The number of pyridine rings is 1. The molecule has 1 spiro atoms. The minimum atomic E-state index is -3.46. The number of nitrogens with one attached hydrogen (secondary N) is 1. The summed E-state index contributed by atoms with van der Waals surface area (Å²) in [7, 11) is -3.46. The van der Waals surface area contributed by atoms with E-state index in [0.29, 0.717) is 36.7 Å². The molecule has 2 aromatic rings. The highest BCUT2D eigenvalue weighted by atomic mass is 32.2. The van der Waals surface area contributed by atoms with Gasteiger partial charge in [0.2, 0.25) is 0 Å². The lowest BCUT2D eigenvalue weighted by Gasteiger charge is -2.23. The summed E-state index contributed by atoms with van der Waals surface area (Å²) < 4.78 is 46.8. The Morgan fingerprint density at radius 2 is 2.28 bits per heavy atom. The van der Waals surface area contributed by atoms with Crippen LogP contribution in [-0.4, -0.2) is 49.0 Å². The summed E-state index contributed by atoms with van der Waals surface area (Å²) in [5.74, 6) is -0.203. The molecule has 2 aliphatic heterocycles. The highest BCUT2D eigenvalue weighted by Crippen LogP contribution is 2.38. The van der Waals surface area contributed by atoms with Crippen molar-refractivity contribution in [3.63, 3.8) is 0 Å². The van der Waals surface area contributed by atoms with Gasteiger partial charge in [0.1, 0.15) is 4.21 Å². The lowest BCUT2D eigenvalue weighted by atomic mass is 9.97. The molecule has 6 nitrogen and oxygen atoms in total. The van der Waals surface area contributed by atoms with Crippen LogP contribution in [0.25, 0.3) is 0 Å². The SMILES string of the molecule is O=S(=O)(c1cccs1)N1CC[C@@]2(C[C@@H](Nc3ncccc3F)CO2)C1. The van der Waals surface area contributed by atoms with Gasteiger partial charge in [0.15, 0.2) is 11.6 Å². The Balaban J connectivity index is 1.44. The van der Waals surface area contributed by atoms with Gasteiger partial charge in [0.25, 0.3) is 10.0 Å². The first kappa shape index (κ1) is 16.9. The zero-order chi connectivity index (χ0) is 17.5. The molecule has 0 radical (unpaired) electrons. The van der Waals surface area contributed by atoms with E-state index in [1.54, 1.807) is 17.5 Å². The number of halogens is 1. The van der Waals surface area contributed by atoms with Gasteiger partial charge in [-0.25, -0.2) is 17.8 Å². The Bertz CT molecular complexity index is 859. The van der Waals surface area contributed by atoms with E-state index >= 15 is 0 Å². The smallest absolute Gasteiger partial charge is 0.252 e. The maximum Gasteiger partial charge on any atom is 0.252 e. The number of nitrogens with zero attached hydrogens (tertiary/aromatic N) is 2. The maximum absolute atomic E-state index is 13.7. The van der Waals surface area contributed by atoms with Crippen LogP contribution in [-0.2, 0) is 14.8 Å². The summed E-state index contributed by atoms with van der Waals surface area (Å²) in [6, 6.07) is 6.16. The lowest BCUT2D eigenvalue weighted by Crippen LogP contribution is -2.36. The third-order valence-electron chi connectivity index (χ3n) is 4.68. The molecule has 0 aromatic carbocycles. The van der Waals surface area contributed by atoms with Crippen LogP contribution in [0, 0.1) is 5.82 Å². The molecular weight excluding hydrogens is 365 g/mol. The quantitative estimate of drug-likeness (QED) is 0.877. The third-order valence-corrected chi connectivity index (χ3v) is 7.90. The van der Waals surface area contributed by atoms with Gasteiger partial charge in [-0.3, -0.25) is 0 Å². The average molecular weight is 383 g/mol. The van der Waals surface area contributed by atoms with Gasteiger partial charge in [-0.1, -0.05) is 6.07 Å². The molecule has 2 saturated heterocycles. The van der Waals surface area contributed by atoms with Crippen molar-refractivity contribution >= 4 is 27.2 Å². The zero-order valence-corrected chi connectivity index (χ0v) is 15.0. The highest BCUT2D eigenvalue weighted by Gasteiger charge is 2.49. The van der Waals surface area contributed by atoms with Gasteiger partial charge >= 0.3 is 0 Å². The molecule has 0 saturated carbocycles. The van der Waals surface area contributed by atoms with Gasteiger partial charge in [-0.05, 0) is 30.0 Å². The van der Waals surface area contributed by atoms with Gasteiger partial charge < -0.3 is 10.1 Å². The number of thiophene rings is 1. The second-order valence-corrected chi connectivity index (χ2v) is 9.51. The first-order chi connectivity index (χ1) is 12.0. The second kappa shape index (κ2) is 6.31. The van der Waals surface area contributed by atoms with Crippen LogP contribution in [0.15, 0.2) is 40.1 Å². The van der Waals surface area contributed by atoms with Gasteiger partial charge in [-0.15, -0.1) is 11.3 Å². The van der Waals surface area contributed by atoms with Gasteiger partial charge in [0.05, 0.1) is 18.2 Å². The van der Waals surface area contributed by atoms with Crippen LogP contribution < -0.4 is 5.32 Å². The normalized spacial score (nSPS) is 27.2. The summed E-state index contributed by atoms with van der Waals surface area (Å²) in [5, 5.41) is 4.82. The van der Waals surface area contributed by atoms with E-state index in [9.17, 15) is 12.8 Å². The maximum atomic E-state index is 13.7. The first-order valence-electron chi connectivity index (χ1n) is 8.03. The molecule has 25 heavy (non-hydrogen) atoms. The minimum Gasteiger partial charge on any atom is -0.371 e. The average Bonchev–Trinajstić information content (AvgIpc) is 3.33. The van der Waals surface area contributed by atoms with Crippen LogP contribution in [0.3, 0.4) is 0 Å². The molecular formula is C16H18FN3O3S2. The molecule has 9 heteroatoms. The Labute approximate surface area is 149 Å².